The quantitative estimate of drug-likeness (QED) is 0.237. The van der Waals surface area contributed by atoms with E-state index in [0.29, 0.717) is 0 Å². The number of hydrogen-bond acceptors (Lipinski definition) is 1. The average molecular weight is 511 g/mol. The Morgan fingerprint density at radius 3 is 1.51 bits per heavy atom. The van der Waals surface area contributed by atoms with E-state index in [-0.39, 0.29) is 6.71 Å². The van der Waals surface area contributed by atoms with Gasteiger partial charge in [-0.25, -0.2) is 4.98 Å². The minimum Gasteiger partial charge on any atom is -0.299 e. The lowest BCUT2D eigenvalue weighted by Crippen LogP contribution is -2.55. The second kappa shape index (κ2) is 10.4. The van der Waals surface area contributed by atoms with Crippen molar-refractivity contribution in [3.05, 3.63) is 123 Å². The second-order valence-corrected chi connectivity index (χ2v) is 11.6. The SMILES string of the molecule is Cc1cc(C)c(B(c2cccc(-c3nccn3-c3c(C)cc(C)cc3C)c2)c2c(C)cc(C)cc2C)c(C)c1. The molecule has 39 heavy (non-hydrogen) atoms. The fourth-order valence-electron chi connectivity index (χ4n) is 6.88. The van der Waals surface area contributed by atoms with Gasteiger partial charge < -0.3 is 0 Å². The van der Waals surface area contributed by atoms with E-state index in [0.717, 1.165) is 11.4 Å². The summed E-state index contributed by atoms with van der Waals surface area (Å²) in [6.07, 6.45) is 4.01. The minimum atomic E-state index is 0.136. The van der Waals surface area contributed by atoms with Gasteiger partial charge >= 0.3 is 0 Å². The van der Waals surface area contributed by atoms with Gasteiger partial charge in [0.05, 0.1) is 5.69 Å². The van der Waals surface area contributed by atoms with Crippen molar-refractivity contribution in [1.82, 2.24) is 9.55 Å². The Labute approximate surface area is 234 Å². The molecule has 0 unspecified atom stereocenters. The lowest BCUT2D eigenvalue weighted by molar-refractivity contribution is 1.03. The topological polar surface area (TPSA) is 17.8 Å². The summed E-state index contributed by atoms with van der Waals surface area (Å²) in [7, 11) is 0. The summed E-state index contributed by atoms with van der Waals surface area (Å²) in [5, 5.41) is 0. The van der Waals surface area contributed by atoms with E-state index in [1.807, 2.05) is 6.20 Å². The molecule has 0 saturated carbocycles. The van der Waals surface area contributed by atoms with E-state index in [1.54, 1.807) is 0 Å². The van der Waals surface area contributed by atoms with Crippen LogP contribution in [0.1, 0.15) is 50.1 Å². The molecular formula is C36H39BN2. The molecule has 1 heterocycles. The van der Waals surface area contributed by atoms with E-state index >= 15 is 0 Å². The van der Waals surface area contributed by atoms with Crippen molar-refractivity contribution < 1.29 is 0 Å². The van der Waals surface area contributed by atoms with Crippen LogP contribution in [0.4, 0.5) is 0 Å². The molecule has 2 nitrogen and oxygen atoms in total. The summed E-state index contributed by atoms with van der Waals surface area (Å²) in [6, 6.07) is 22.9. The Bertz CT molecular complexity index is 1580. The molecule has 5 rings (SSSR count). The van der Waals surface area contributed by atoms with Gasteiger partial charge in [-0.05, 0) is 73.4 Å². The monoisotopic (exact) mass is 510 g/mol. The van der Waals surface area contributed by atoms with Gasteiger partial charge in [-0.2, -0.15) is 0 Å². The van der Waals surface area contributed by atoms with Crippen LogP contribution < -0.4 is 16.4 Å². The molecule has 0 bridgehead atoms. The molecule has 0 aliphatic heterocycles. The molecule has 0 aliphatic carbocycles. The van der Waals surface area contributed by atoms with Gasteiger partial charge in [0.2, 0.25) is 6.71 Å². The van der Waals surface area contributed by atoms with Gasteiger partial charge in [-0.3, -0.25) is 4.57 Å². The Kier molecular flexibility index (Phi) is 7.12. The minimum absolute atomic E-state index is 0.136. The number of benzene rings is 4. The fourth-order valence-corrected chi connectivity index (χ4v) is 6.88. The maximum atomic E-state index is 4.87. The molecule has 0 aliphatic rings. The molecule has 1 aromatic heterocycles. The van der Waals surface area contributed by atoms with Crippen LogP contribution in [0.25, 0.3) is 17.1 Å². The summed E-state index contributed by atoms with van der Waals surface area (Å²) in [6.45, 7) is 20.1. The van der Waals surface area contributed by atoms with E-state index in [9.17, 15) is 0 Å². The largest absolute Gasteiger partial charge is 0.299 e. The van der Waals surface area contributed by atoms with E-state index in [1.165, 1.54) is 72.1 Å². The summed E-state index contributed by atoms with van der Waals surface area (Å²) < 4.78 is 2.25. The van der Waals surface area contributed by atoms with Gasteiger partial charge in [0, 0.05) is 18.0 Å². The molecule has 0 spiro atoms. The summed E-state index contributed by atoms with van der Waals surface area (Å²) >= 11 is 0. The third-order valence-electron chi connectivity index (χ3n) is 8.05. The average Bonchev–Trinajstić information content (AvgIpc) is 3.30. The zero-order chi connectivity index (χ0) is 28.0. The second-order valence-electron chi connectivity index (χ2n) is 11.6. The van der Waals surface area contributed by atoms with Crippen LogP contribution in [0.5, 0.6) is 0 Å². The highest BCUT2D eigenvalue weighted by Crippen LogP contribution is 2.27. The van der Waals surface area contributed by atoms with Gasteiger partial charge in [0.15, 0.2) is 0 Å². The molecule has 0 radical (unpaired) electrons. The third kappa shape index (κ3) is 4.99. The maximum Gasteiger partial charge on any atom is 0.242 e. The number of hydrogen-bond donors (Lipinski definition) is 0. The standard InChI is InChI=1S/C36H39BN2/c1-22-15-25(4)33(26(5)16-22)37(34-27(6)17-23(2)18-28(34)7)32-12-10-11-31(21-32)36-38-13-14-39(36)35-29(8)19-24(3)20-30(35)9/h10-21H,1-9H3. The van der Waals surface area contributed by atoms with Gasteiger partial charge in [-0.15, -0.1) is 0 Å². The molecule has 4 aromatic carbocycles. The molecule has 5 aromatic rings. The lowest BCUT2D eigenvalue weighted by atomic mass is 9.34. The Morgan fingerprint density at radius 2 is 1.03 bits per heavy atom. The predicted octanol–water partition coefficient (Wildman–Crippen LogP) is 6.83. The molecule has 196 valence electrons. The predicted molar refractivity (Wildman–Crippen MR) is 169 cm³/mol. The molecule has 3 heteroatoms. The Morgan fingerprint density at radius 1 is 0.564 bits per heavy atom. The highest BCUT2D eigenvalue weighted by atomic mass is 15.1. The molecule has 0 amide bonds. The van der Waals surface area contributed by atoms with Crippen molar-refractivity contribution in [3.8, 4) is 17.1 Å². The van der Waals surface area contributed by atoms with Crippen molar-refractivity contribution in [1.29, 1.82) is 0 Å². The first-order valence-corrected chi connectivity index (χ1v) is 13.9. The maximum absolute atomic E-state index is 4.87. The third-order valence-corrected chi connectivity index (χ3v) is 8.05. The first-order chi connectivity index (χ1) is 18.5. The number of rotatable bonds is 5. The highest BCUT2D eigenvalue weighted by molar-refractivity contribution is 6.96. The number of imidazole rings is 1. The Hall–Kier alpha value is -3.85. The normalized spacial score (nSPS) is 11.2. The van der Waals surface area contributed by atoms with Crippen LogP contribution in [-0.4, -0.2) is 16.3 Å². The zero-order valence-electron chi connectivity index (χ0n) is 24.9. The number of aryl methyl sites for hydroxylation is 9. The zero-order valence-corrected chi connectivity index (χ0v) is 24.9. The van der Waals surface area contributed by atoms with E-state index < -0.39 is 0 Å². The van der Waals surface area contributed by atoms with Gasteiger partial charge in [-0.1, -0.05) is 116 Å². The summed E-state index contributed by atoms with van der Waals surface area (Å²) in [5.74, 6) is 0.973. The van der Waals surface area contributed by atoms with Crippen LogP contribution in [0.3, 0.4) is 0 Å². The number of aromatic nitrogens is 2. The van der Waals surface area contributed by atoms with Crippen molar-refractivity contribution in [3.63, 3.8) is 0 Å². The van der Waals surface area contributed by atoms with Crippen molar-refractivity contribution in [2.24, 2.45) is 0 Å². The highest BCUT2D eigenvalue weighted by Gasteiger charge is 2.29. The first kappa shape index (κ1) is 26.7. The lowest BCUT2D eigenvalue weighted by Gasteiger charge is -2.25. The summed E-state index contributed by atoms with van der Waals surface area (Å²) in [4.78, 5) is 4.87. The molecule has 0 fully saturated rings. The molecule has 0 saturated heterocycles. The number of nitrogens with zero attached hydrogens (tertiary/aromatic N) is 2. The van der Waals surface area contributed by atoms with E-state index in [4.69, 9.17) is 4.98 Å². The van der Waals surface area contributed by atoms with Gasteiger partial charge in [0.25, 0.3) is 0 Å². The fraction of sp³-hybridized carbons (Fsp3) is 0.250. The van der Waals surface area contributed by atoms with Crippen LogP contribution in [0.15, 0.2) is 73.1 Å². The van der Waals surface area contributed by atoms with Crippen molar-refractivity contribution >= 4 is 23.1 Å². The first-order valence-electron chi connectivity index (χ1n) is 13.9. The van der Waals surface area contributed by atoms with E-state index in [2.05, 4.69) is 134 Å². The van der Waals surface area contributed by atoms with Crippen LogP contribution >= 0.6 is 0 Å². The Balaban J connectivity index is 1.74. The molecule has 0 N–H and O–H groups in total. The molecule has 0 atom stereocenters. The van der Waals surface area contributed by atoms with Crippen molar-refractivity contribution in [2.75, 3.05) is 0 Å². The molecular weight excluding hydrogens is 471 g/mol. The van der Waals surface area contributed by atoms with Crippen molar-refractivity contribution in [2.45, 2.75) is 62.3 Å². The smallest absolute Gasteiger partial charge is 0.242 e. The summed E-state index contributed by atoms with van der Waals surface area (Å²) in [5.41, 5.74) is 18.2. The van der Waals surface area contributed by atoms with Gasteiger partial charge in [0.1, 0.15) is 5.82 Å². The van der Waals surface area contributed by atoms with Crippen LogP contribution in [0.2, 0.25) is 0 Å². The van der Waals surface area contributed by atoms with Crippen LogP contribution in [0, 0.1) is 62.3 Å². The van der Waals surface area contributed by atoms with Crippen LogP contribution in [-0.2, 0) is 0 Å².